The number of halogens is 1. The molecule has 0 aliphatic heterocycles. The molecule has 98 valence electrons. The van der Waals surface area contributed by atoms with Gasteiger partial charge in [0.25, 0.3) is 0 Å². The Morgan fingerprint density at radius 1 is 1.33 bits per heavy atom. The minimum absolute atomic E-state index is 0.179. The molecule has 0 bridgehead atoms. The molecule has 2 rings (SSSR count). The standard InChI is InChI=1S/C14H18ClNO2/c1-18-13(17)14(8-3-2-4-9-14)16-12-7-5-6-11(15)10-12/h5-7,10,16H,2-4,8-9H2,1H3. The van der Waals surface area contributed by atoms with Gasteiger partial charge in [-0.3, -0.25) is 0 Å². The zero-order chi connectivity index (χ0) is 13.0. The van der Waals surface area contributed by atoms with Crippen LogP contribution in [-0.2, 0) is 9.53 Å². The first kappa shape index (κ1) is 13.2. The maximum Gasteiger partial charge on any atom is 0.331 e. The van der Waals surface area contributed by atoms with E-state index in [9.17, 15) is 4.79 Å². The molecule has 0 amide bonds. The average Bonchev–Trinajstić information content (AvgIpc) is 2.39. The van der Waals surface area contributed by atoms with E-state index in [1.807, 2.05) is 24.3 Å². The molecular formula is C14H18ClNO2. The molecule has 18 heavy (non-hydrogen) atoms. The van der Waals surface area contributed by atoms with Crippen molar-refractivity contribution in [2.75, 3.05) is 12.4 Å². The maximum absolute atomic E-state index is 12.1. The number of rotatable bonds is 3. The molecule has 0 radical (unpaired) electrons. The Balaban J connectivity index is 2.22. The molecule has 3 nitrogen and oxygen atoms in total. The number of benzene rings is 1. The summed E-state index contributed by atoms with van der Waals surface area (Å²) in [5, 5.41) is 3.99. The first-order chi connectivity index (χ1) is 8.66. The number of hydrogen-bond donors (Lipinski definition) is 1. The zero-order valence-corrected chi connectivity index (χ0v) is 11.3. The Labute approximate surface area is 112 Å². The van der Waals surface area contributed by atoms with Crippen LogP contribution in [0.15, 0.2) is 24.3 Å². The van der Waals surface area contributed by atoms with Gasteiger partial charge in [-0.05, 0) is 31.0 Å². The number of carbonyl (C=O) groups is 1. The van der Waals surface area contributed by atoms with E-state index in [0.29, 0.717) is 5.02 Å². The Bertz CT molecular complexity index is 428. The molecule has 0 spiro atoms. The summed E-state index contributed by atoms with van der Waals surface area (Å²) in [5.41, 5.74) is 0.285. The lowest BCUT2D eigenvalue weighted by Crippen LogP contribution is -2.48. The number of nitrogens with one attached hydrogen (secondary N) is 1. The molecule has 1 N–H and O–H groups in total. The smallest absolute Gasteiger partial charge is 0.331 e. The van der Waals surface area contributed by atoms with Crippen molar-refractivity contribution in [1.82, 2.24) is 0 Å². The Morgan fingerprint density at radius 2 is 2.06 bits per heavy atom. The third kappa shape index (κ3) is 2.78. The fourth-order valence-corrected chi connectivity index (χ4v) is 2.76. The van der Waals surface area contributed by atoms with Crippen LogP contribution < -0.4 is 5.32 Å². The predicted molar refractivity (Wildman–Crippen MR) is 72.9 cm³/mol. The summed E-state index contributed by atoms with van der Waals surface area (Å²) < 4.78 is 4.96. The molecule has 0 saturated heterocycles. The summed E-state index contributed by atoms with van der Waals surface area (Å²) >= 11 is 5.97. The fourth-order valence-electron chi connectivity index (χ4n) is 2.57. The van der Waals surface area contributed by atoms with Gasteiger partial charge in [0, 0.05) is 10.7 Å². The monoisotopic (exact) mass is 267 g/mol. The minimum Gasteiger partial charge on any atom is -0.467 e. The van der Waals surface area contributed by atoms with E-state index < -0.39 is 5.54 Å². The summed E-state index contributed by atoms with van der Waals surface area (Å²) in [4.78, 5) is 12.1. The predicted octanol–water partition coefficient (Wildman–Crippen LogP) is 3.63. The van der Waals surface area contributed by atoms with Gasteiger partial charge >= 0.3 is 5.97 Å². The largest absolute Gasteiger partial charge is 0.467 e. The van der Waals surface area contributed by atoms with Crippen molar-refractivity contribution in [2.24, 2.45) is 0 Å². The molecule has 0 unspecified atom stereocenters. The molecule has 1 aliphatic rings. The van der Waals surface area contributed by atoms with Crippen LogP contribution in [0.4, 0.5) is 5.69 Å². The van der Waals surface area contributed by atoms with Crippen LogP contribution in [-0.4, -0.2) is 18.6 Å². The van der Waals surface area contributed by atoms with Gasteiger partial charge in [0.2, 0.25) is 0 Å². The van der Waals surface area contributed by atoms with Gasteiger partial charge in [-0.1, -0.05) is 36.9 Å². The number of carbonyl (C=O) groups excluding carboxylic acids is 1. The first-order valence-electron chi connectivity index (χ1n) is 6.28. The second kappa shape index (κ2) is 5.61. The van der Waals surface area contributed by atoms with Crippen LogP contribution in [0.1, 0.15) is 32.1 Å². The number of hydrogen-bond acceptors (Lipinski definition) is 3. The van der Waals surface area contributed by atoms with Gasteiger partial charge in [-0.15, -0.1) is 0 Å². The lowest BCUT2D eigenvalue weighted by atomic mass is 9.81. The Morgan fingerprint density at radius 3 is 2.67 bits per heavy atom. The summed E-state index contributed by atoms with van der Waals surface area (Å²) in [6.07, 6.45) is 4.89. The van der Waals surface area contributed by atoms with Crippen molar-refractivity contribution in [3.63, 3.8) is 0 Å². The molecule has 0 heterocycles. The van der Waals surface area contributed by atoms with Gasteiger partial charge in [0.1, 0.15) is 5.54 Å². The molecule has 1 aliphatic carbocycles. The van der Waals surface area contributed by atoms with E-state index >= 15 is 0 Å². The van der Waals surface area contributed by atoms with Crippen LogP contribution in [0.2, 0.25) is 5.02 Å². The number of methoxy groups -OCH3 is 1. The highest BCUT2D eigenvalue weighted by Gasteiger charge is 2.40. The van der Waals surface area contributed by atoms with Gasteiger partial charge < -0.3 is 10.1 Å². The van der Waals surface area contributed by atoms with Crippen molar-refractivity contribution in [3.05, 3.63) is 29.3 Å². The summed E-state index contributed by atoms with van der Waals surface area (Å²) in [6, 6.07) is 7.45. The Hall–Kier alpha value is -1.22. The topological polar surface area (TPSA) is 38.3 Å². The molecule has 1 aromatic carbocycles. The van der Waals surface area contributed by atoms with Gasteiger partial charge in [-0.2, -0.15) is 0 Å². The van der Waals surface area contributed by atoms with Crippen molar-refractivity contribution in [2.45, 2.75) is 37.6 Å². The molecule has 1 fully saturated rings. The Kier molecular flexibility index (Phi) is 4.12. The summed E-state index contributed by atoms with van der Waals surface area (Å²) in [6.45, 7) is 0. The number of esters is 1. The SMILES string of the molecule is COC(=O)C1(Nc2cccc(Cl)c2)CCCCC1. The van der Waals surface area contributed by atoms with Crippen LogP contribution in [0.3, 0.4) is 0 Å². The van der Waals surface area contributed by atoms with Gasteiger partial charge in [0.05, 0.1) is 7.11 Å². The van der Waals surface area contributed by atoms with E-state index in [-0.39, 0.29) is 5.97 Å². The molecule has 0 atom stereocenters. The number of ether oxygens (including phenoxy) is 1. The van der Waals surface area contributed by atoms with Gasteiger partial charge in [-0.25, -0.2) is 4.79 Å². The summed E-state index contributed by atoms with van der Waals surface area (Å²) in [7, 11) is 1.44. The normalized spacial score (nSPS) is 18.1. The van der Waals surface area contributed by atoms with Crippen molar-refractivity contribution in [3.8, 4) is 0 Å². The van der Waals surface area contributed by atoms with E-state index in [2.05, 4.69) is 5.32 Å². The third-order valence-corrected chi connectivity index (χ3v) is 3.73. The zero-order valence-electron chi connectivity index (χ0n) is 10.5. The minimum atomic E-state index is -0.586. The highest BCUT2D eigenvalue weighted by atomic mass is 35.5. The highest BCUT2D eigenvalue weighted by molar-refractivity contribution is 6.30. The lowest BCUT2D eigenvalue weighted by molar-refractivity contribution is -0.147. The van der Waals surface area contributed by atoms with E-state index in [0.717, 1.165) is 31.4 Å². The molecule has 1 saturated carbocycles. The van der Waals surface area contributed by atoms with E-state index in [1.165, 1.54) is 13.5 Å². The average molecular weight is 268 g/mol. The second-order valence-corrected chi connectivity index (χ2v) is 5.21. The van der Waals surface area contributed by atoms with Crippen LogP contribution >= 0.6 is 11.6 Å². The van der Waals surface area contributed by atoms with Crippen molar-refractivity contribution < 1.29 is 9.53 Å². The van der Waals surface area contributed by atoms with Gasteiger partial charge in [0.15, 0.2) is 0 Å². The highest BCUT2D eigenvalue weighted by Crippen LogP contribution is 2.33. The second-order valence-electron chi connectivity index (χ2n) is 4.77. The lowest BCUT2D eigenvalue weighted by Gasteiger charge is -2.36. The molecule has 1 aromatic rings. The molecular weight excluding hydrogens is 250 g/mol. The fraction of sp³-hybridized carbons (Fsp3) is 0.500. The van der Waals surface area contributed by atoms with Crippen molar-refractivity contribution in [1.29, 1.82) is 0 Å². The van der Waals surface area contributed by atoms with Crippen LogP contribution in [0.25, 0.3) is 0 Å². The maximum atomic E-state index is 12.1. The van der Waals surface area contributed by atoms with E-state index in [1.54, 1.807) is 0 Å². The van der Waals surface area contributed by atoms with E-state index in [4.69, 9.17) is 16.3 Å². The van der Waals surface area contributed by atoms with Crippen LogP contribution in [0.5, 0.6) is 0 Å². The molecule has 0 aromatic heterocycles. The number of anilines is 1. The first-order valence-corrected chi connectivity index (χ1v) is 6.66. The molecule has 4 heteroatoms. The van der Waals surface area contributed by atoms with Crippen molar-refractivity contribution >= 4 is 23.3 Å². The quantitative estimate of drug-likeness (QED) is 0.850. The van der Waals surface area contributed by atoms with Crippen LogP contribution in [0, 0.1) is 0 Å². The summed E-state index contributed by atoms with van der Waals surface area (Å²) in [5.74, 6) is -0.179. The third-order valence-electron chi connectivity index (χ3n) is 3.49.